The average Bonchev–Trinajstić information content (AvgIpc) is 3.19. The van der Waals surface area contributed by atoms with Crippen molar-refractivity contribution in [2.45, 2.75) is 19.9 Å². The first kappa shape index (κ1) is 20.8. The molecule has 0 bridgehead atoms. The zero-order valence-corrected chi connectivity index (χ0v) is 18.3. The molecule has 1 saturated heterocycles. The summed E-state index contributed by atoms with van der Waals surface area (Å²) in [6.45, 7) is 8.45. The summed E-state index contributed by atoms with van der Waals surface area (Å²) in [6, 6.07) is 18.6. The molecular formula is C24H29N3O2S. The second-order valence-electron chi connectivity index (χ2n) is 7.27. The fraction of sp³-hybridized carbons (Fsp3) is 0.375. The number of rotatable bonds is 8. The molecule has 0 amide bonds. The molecule has 0 spiro atoms. The molecule has 0 aliphatic carbocycles. The third-order valence-electron chi connectivity index (χ3n) is 5.20. The van der Waals surface area contributed by atoms with Gasteiger partial charge in [-0.15, -0.1) is 11.3 Å². The van der Waals surface area contributed by atoms with Crippen LogP contribution in [-0.2, 0) is 11.3 Å². The van der Waals surface area contributed by atoms with Crippen molar-refractivity contribution in [1.29, 1.82) is 0 Å². The van der Waals surface area contributed by atoms with Gasteiger partial charge in [-0.25, -0.2) is 4.99 Å². The Bertz CT molecular complexity index is 974. The molecule has 1 fully saturated rings. The van der Waals surface area contributed by atoms with E-state index in [9.17, 15) is 0 Å². The lowest BCUT2D eigenvalue weighted by atomic mass is 10.2. The number of hydrogen-bond donors (Lipinski definition) is 0. The number of benzene rings is 2. The molecule has 5 nitrogen and oxygen atoms in total. The molecule has 4 rings (SSSR count). The molecule has 0 saturated carbocycles. The molecule has 0 N–H and O–H groups in total. The lowest BCUT2D eigenvalue weighted by Gasteiger charge is -2.26. The van der Waals surface area contributed by atoms with Crippen molar-refractivity contribution in [3.05, 3.63) is 64.8 Å². The van der Waals surface area contributed by atoms with Gasteiger partial charge in [0, 0.05) is 31.6 Å². The Morgan fingerprint density at radius 3 is 2.50 bits per heavy atom. The minimum atomic E-state index is 0.672. The van der Waals surface area contributed by atoms with Gasteiger partial charge >= 0.3 is 0 Å². The smallest absolute Gasteiger partial charge is 0.190 e. The van der Waals surface area contributed by atoms with Crippen molar-refractivity contribution in [3.8, 4) is 17.0 Å². The number of ether oxygens (including phenoxy) is 2. The molecule has 1 aliphatic heterocycles. The van der Waals surface area contributed by atoms with Gasteiger partial charge < -0.3 is 14.0 Å². The van der Waals surface area contributed by atoms with E-state index in [1.807, 2.05) is 31.2 Å². The minimum Gasteiger partial charge on any atom is -0.494 e. The molecule has 0 unspecified atom stereocenters. The third-order valence-corrected chi connectivity index (χ3v) is 6.06. The Morgan fingerprint density at radius 2 is 1.77 bits per heavy atom. The fourth-order valence-corrected chi connectivity index (χ4v) is 4.60. The summed E-state index contributed by atoms with van der Waals surface area (Å²) >= 11 is 1.70. The Morgan fingerprint density at radius 1 is 1.00 bits per heavy atom. The van der Waals surface area contributed by atoms with Crippen LogP contribution in [0.2, 0.25) is 0 Å². The molecule has 0 atom stereocenters. The second kappa shape index (κ2) is 10.6. The minimum absolute atomic E-state index is 0.672. The van der Waals surface area contributed by atoms with Crippen LogP contribution in [-0.4, -0.2) is 48.9 Å². The van der Waals surface area contributed by atoms with Gasteiger partial charge in [-0.1, -0.05) is 30.3 Å². The lowest BCUT2D eigenvalue weighted by molar-refractivity contribution is 0.0369. The van der Waals surface area contributed by atoms with Gasteiger partial charge in [0.25, 0.3) is 0 Å². The van der Waals surface area contributed by atoms with E-state index < -0.39 is 0 Å². The number of nitrogens with zero attached hydrogens (tertiary/aromatic N) is 3. The lowest BCUT2D eigenvalue weighted by Crippen LogP contribution is -2.37. The standard InChI is InChI=1S/C24H29N3O2S/c1-2-29-22-11-9-21(10-12-22)25-24-27(14-6-13-26-15-17-28-18-16-26)23(19-30-24)20-7-4-3-5-8-20/h3-5,7-12,19H,2,6,13-18H2,1H3. The highest BCUT2D eigenvalue weighted by Crippen LogP contribution is 2.22. The van der Waals surface area contributed by atoms with Crippen molar-refractivity contribution < 1.29 is 9.47 Å². The molecular weight excluding hydrogens is 394 g/mol. The quantitative estimate of drug-likeness (QED) is 0.533. The molecule has 2 heterocycles. The summed E-state index contributed by atoms with van der Waals surface area (Å²) in [5, 5.41) is 2.22. The van der Waals surface area contributed by atoms with Crippen LogP contribution in [0.15, 0.2) is 65.0 Å². The van der Waals surface area contributed by atoms with Crippen LogP contribution in [0.3, 0.4) is 0 Å². The maximum atomic E-state index is 5.55. The van der Waals surface area contributed by atoms with Crippen LogP contribution in [0.5, 0.6) is 5.75 Å². The van der Waals surface area contributed by atoms with E-state index in [4.69, 9.17) is 14.5 Å². The van der Waals surface area contributed by atoms with Gasteiger partial charge in [0.1, 0.15) is 5.75 Å². The maximum Gasteiger partial charge on any atom is 0.190 e. The maximum absolute atomic E-state index is 5.55. The Labute approximate surface area is 182 Å². The van der Waals surface area contributed by atoms with Gasteiger partial charge in [-0.05, 0) is 43.2 Å². The summed E-state index contributed by atoms with van der Waals surface area (Å²) in [6.07, 6.45) is 1.09. The number of hydrogen-bond acceptors (Lipinski definition) is 5. The molecule has 158 valence electrons. The third kappa shape index (κ3) is 5.39. The first-order valence-electron chi connectivity index (χ1n) is 10.6. The zero-order chi connectivity index (χ0) is 20.6. The van der Waals surface area contributed by atoms with E-state index in [-0.39, 0.29) is 0 Å². The molecule has 0 radical (unpaired) electrons. The number of morpholine rings is 1. The Hall–Kier alpha value is -2.41. The predicted octanol–water partition coefficient (Wildman–Crippen LogP) is 4.57. The normalized spacial score (nSPS) is 15.4. The highest BCUT2D eigenvalue weighted by atomic mass is 32.1. The molecule has 1 aromatic heterocycles. The van der Waals surface area contributed by atoms with Crippen LogP contribution in [0.25, 0.3) is 11.3 Å². The van der Waals surface area contributed by atoms with Crippen LogP contribution in [0, 0.1) is 0 Å². The van der Waals surface area contributed by atoms with Gasteiger partial charge in [-0.2, -0.15) is 0 Å². The van der Waals surface area contributed by atoms with Gasteiger partial charge in [0.2, 0.25) is 0 Å². The largest absolute Gasteiger partial charge is 0.494 e. The van der Waals surface area contributed by atoms with E-state index >= 15 is 0 Å². The first-order chi connectivity index (χ1) is 14.8. The summed E-state index contributed by atoms with van der Waals surface area (Å²) in [5.74, 6) is 0.881. The van der Waals surface area contributed by atoms with E-state index in [0.29, 0.717) is 6.61 Å². The SMILES string of the molecule is CCOc1ccc(N=c2scc(-c3ccccc3)n2CCCN2CCOCC2)cc1. The number of thiazole rings is 1. The summed E-state index contributed by atoms with van der Waals surface area (Å²) in [4.78, 5) is 8.46. The topological polar surface area (TPSA) is 39.0 Å². The van der Waals surface area contributed by atoms with E-state index in [2.05, 4.69) is 45.2 Å². The second-order valence-corrected chi connectivity index (χ2v) is 8.10. The molecule has 6 heteroatoms. The highest BCUT2D eigenvalue weighted by Gasteiger charge is 2.12. The van der Waals surface area contributed by atoms with Crippen molar-refractivity contribution >= 4 is 17.0 Å². The van der Waals surface area contributed by atoms with Gasteiger partial charge in [0.05, 0.1) is 31.2 Å². The molecule has 2 aromatic carbocycles. The van der Waals surface area contributed by atoms with Gasteiger partial charge in [-0.3, -0.25) is 4.90 Å². The zero-order valence-electron chi connectivity index (χ0n) is 17.5. The summed E-state index contributed by atoms with van der Waals surface area (Å²) < 4.78 is 13.4. The van der Waals surface area contributed by atoms with E-state index in [0.717, 1.165) is 62.1 Å². The monoisotopic (exact) mass is 423 g/mol. The first-order valence-corrected chi connectivity index (χ1v) is 11.5. The molecule has 3 aromatic rings. The van der Waals surface area contributed by atoms with E-state index in [1.54, 1.807) is 11.3 Å². The van der Waals surface area contributed by atoms with Crippen molar-refractivity contribution in [2.75, 3.05) is 39.5 Å². The fourth-order valence-electron chi connectivity index (χ4n) is 3.65. The predicted molar refractivity (Wildman–Crippen MR) is 122 cm³/mol. The van der Waals surface area contributed by atoms with Gasteiger partial charge in [0.15, 0.2) is 4.80 Å². The average molecular weight is 424 g/mol. The van der Waals surface area contributed by atoms with Crippen molar-refractivity contribution in [1.82, 2.24) is 9.47 Å². The number of aromatic nitrogens is 1. The van der Waals surface area contributed by atoms with Crippen LogP contribution < -0.4 is 9.54 Å². The van der Waals surface area contributed by atoms with E-state index in [1.165, 1.54) is 11.3 Å². The summed E-state index contributed by atoms with van der Waals surface area (Å²) in [7, 11) is 0. The Balaban J connectivity index is 1.58. The van der Waals surface area contributed by atoms with Crippen LogP contribution in [0.1, 0.15) is 13.3 Å². The highest BCUT2D eigenvalue weighted by molar-refractivity contribution is 7.07. The van der Waals surface area contributed by atoms with Crippen molar-refractivity contribution in [3.63, 3.8) is 0 Å². The van der Waals surface area contributed by atoms with Crippen LogP contribution >= 0.6 is 11.3 Å². The van der Waals surface area contributed by atoms with Crippen LogP contribution in [0.4, 0.5) is 5.69 Å². The molecule has 1 aliphatic rings. The Kier molecular flexibility index (Phi) is 7.34. The summed E-state index contributed by atoms with van der Waals surface area (Å²) in [5.41, 5.74) is 3.40. The van der Waals surface area contributed by atoms with Crippen molar-refractivity contribution in [2.24, 2.45) is 4.99 Å². The molecule has 30 heavy (non-hydrogen) atoms.